The Bertz CT molecular complexity index is 904. The Morgan fingerprint density at radius 2 is 2.04 bits per heavy atom. The van der Waals surface area contributed by atoms with E-state index in [-0.39, 0.29) is 11.6 Å². The number of rotatable bonds is 5. The highest BCUT2D eigenvalue weighted by Crippen LogP contribution is 2.28. The zero-order chi connectivity index (χ0) is 18.7. The number of aryl methyl sites for hydroxylation is 1. The van der Waals surface area contributed by atoms with Crippen LogP contribution in [0.1, 0.15) is 54.8 Å². The first kappa shape index (κ1) is 18.4. The van der Waals surface area contributed by atoms with Crippen molar-refractivity contribution in [2.24, 2.45) is 0 Å². The molecule has 5 nitrogen and oxygen atoms in total. The number of hydrogen-bond donors (Lipinski definition) is 2. The molecule has 1 fully saturated rings. The second kappa shape index (κ2) is 7.85. The monoisotopic (exact) mass is 352 g/mol. The van der Waals surface area contributed by atoms with Crippen molar-refractivity contribution in [3.05, 3.63) is 51.7 Å². The van der Waals surface area contributed by atoms with Gasteiger partial charge in [-0.05, 0) is 61.7 Å². The van der Waals surface area contributed by atoms with E-state index in [1.807, 2.05) is 31.5 Å². The number of benzene rings is 1. The van der Waals surface area contributed by atoms with Gasteiger partial charge < -0.3 is 10.7 Å². The van der Waals surface area contributed by atoms with Crippen molar-refractivity contribution in [3.63, 3.8) is 0 Å². The predicted octanol–water partition coefficient (Wildman–Crippen LogP) is 3.81. The number of aromatic nitrogens is 2. The van der Waals surface area contributed by atoms with Gasteiger partial charge in [-0.1, -0.05) is 19.3 Å². The molecular formula is C21H28N4O. The lowest BCUT2D eigenvalue weighted by atomic mass is 9.94. The van der Waals surface area contributed by atoms with E-state index in [4.69, 9.17) is 5.41 Å². The summed E-state index contributed by atoms with van der Waals surface area (Å²) < 4.78 is 1.84. The summed E-state index contributed by atoms with van der Waals surface area (Å²) in [6, 6.07) is 2.23. The highest BCUT2D eigenvalue weighted by molar-refractivity contribution is 5.95. The molecule has 2 aromatic rings. The summed E-state index contributed by atoms with van der Waals surface area (Å²) in [6.07, 6.45) is 11.5. The molecule has 2 N–H and O–H groups in total. The Morgan fingerprint density at radius 3 is 2.73 bits per heavy atom. The second-order valence-corrected chi connectivity index (χ2v) is 7.25. The third kappa shape index (κ3) is 3.57. The molecule has 1 heterocycles. The van der Waals surface area contributed by atoms with E-state index >= 15 is 0 Å². The first-order valence-corrected chi connectivity index (χ1v) is 9.44. The minimum Gasteiger partial charge on any atom is -0.394 e. The maximum Gasteiger partial charge on any atom is 0.261 e. The van der Waals surface area contributed by atoms with Crippen LogP contribution in [-0.2, 0) is 6.42 Å². The SMILES string of the molecule is CN/C=C\C(=N)Cc1cc2c(=O)n(C3CCCCC3)cnc2c(C)c1C. The molecule has 1 aromatic carbocycles. The van der Waals surface area contributed by atoms with Crippen molar-refractivity contribution >= 4 is 16.6 Å². The minimum atomic E-state index is 0.0588. The molecule has 0 unspecified atom stereocenters. The van der Waals surface area contributed by atoms with Gasteiger partial charge in [0, 0.05) is 25.2 Å². The molecule has 1 saturated carbocycles. The van der Waals surface area contributed by atoms with Crippen LogP contribution in [0.5, 0.6) is 0 Å². The van der Waals surface area contributed by atoms with E-state index in [0.717, 1.165) is 35.0 Å². The fraction of sp³-hybridized carbons (Fsp3) is 0.476. The Labute approximate surface area is 154 Å². The van der Waals surface area contributed by atoms with Gasteiger partial charge in [-0.2, -0.15) is 0 Å². The average Bonchev–Trinajstić information content (AvgIpc) is 2.65. The van der Waals surface area contributed by atoms with Crippen molar-refractivity contribution in [1.29, 1.82) is 5.41 Å². The van der Waals surface area contributed by atoms with Gasteiger partial charge in [0.2, 0.25) is 0 Å². The molecule has 5 heteroatoms. The molecule has 0 radical (unpaired) electrons. The van der Waals surface area contributed by atoms with Gasteiger partial charge in [0.05, 0.1) is 17.2 Å². The van der Waals surface area contributed by atoms with Crippen LogP contribution < -0.4 is 10.9 Å². The van der Waals surface area contributed by atoms with Gasteiger partial charge in [0.25, 0.3) is 5.56 Å². The van der Waals surface area contributed by atoms with E-state index in [2.05, 4.69) is 10.3 Å². The minimum absolute atomic E-state index is 0.0588. The molecule has 0 aliphatic heterocycles. The van der Waals surface area contributed by atoms with Gasteiger partial charge in [0.15, 0.2) is 0 Å². The Hall–Kier alpha value is -2.43. The summed E-state index contributed by atoms with van der Waals surface area (Å²) in [4.78, 5) is 17.8. The lowest BCUT2D eigenvalue weighted by Crippen LogP contribution is -2.27. The van der Waals surface area contributed by atoms with Crippen LogP contribution >= 0.6 is 0 Å². The standard InChI is InChI=1S/C21H28N4O/c1-14-15(2)20-19(12-16(14)11-17(22)9-10-23-3)21(26)25(13-24-20)18-7-5-4-6-8-18/h9-10,12-13,18,22-23H,4-8,11H2,1-3H3/b10-9-,22-17?. The highest BCUT2D eigenvalue weighted by atomic mass is 16.1. The molecule has 0 amide bonds. The number of nitrogens with zero attached hydrogens (tertiary/aromatic N) is 2. The normalized spacial score (nSPS) is 15.7. The number of allylic oxidation sites excluding steroid dienone is 1. The van der Waals surface area contributed by atoms with Gasteiger partial charge in [-0.3, -0.25) is 9.36 Å². The van der Waals surface area contributed by atoms with Crippen LogP contribution in [0.15, 0.2) is 29.5 Å². The van der Waals surface area contributed by atoms with Crippen molar-refractivity contribution in [1.82, 2.24) is 14.9 Å². The van der Waals surface area contributed by atoms with Crippen LogP contribution in [-0.4, -0.2) is 22.3 Å². The molecule has 0 bridgehead atoms. The zero-order valence-corrected chi connectivity index (χ0v) is 15.9. The van der Waals surface area contributed by atoms with Gasteiger partial charge in [-0.25, -0.2) is 4.98 Å². The van der Waals surface area contributed by atoms with Crippen LogP contribution in [0.4, 0.5) is 0 Å². The van der Waals surface area contributed by atoms with E-state index < -0.39 is 0 Å². The summed E-state index contributed by atoms with van der Waals surface area (Å²) in [5, 5.41) is 11.7. The van der Waals surface area contributed by atoms with E-state index in [1.165, 1.54) is 19.3 Å². The molecule has 138 valence electrons. The predicted molar refractivity (Wildman–Crippen MR) is 107 cm³/mol. The topological polar surface area (TPSA) is 70.8 Å². The maximum atomic E-state index is 13.1. The van der Waals surface area contributed by atoms with Crippen LogP contribution in [0.2, 0.25) is 0 Å². The molecule has 1 aliphatic rings. The Kier molecular flexibility index (Phi) is 5.55. The summed E-state index contributed by atoms with van der Waals surface area (Å²) >= 11 is 0. The number of nitrogens with one attached hydrogen (secondary N) is 2. The highest BCUT2D eigenvalue weighted by Gasteiger charge is 2.19. The largest absolute Gasteiger partial charge is 0.394 e. The average molecular weight is 352 g/mol. The third-order valence-electron chi connectivity index (χ3n) is 5.55. The molecule has 3 rings (SSSR count). The third-order valence-corrected chi connectivity index (χ3v) is 5.55. The lowest BCUT2D eigenvalue weighted by Gasteiger charge is -2.24. The first-order chi connectivity index (χ1) is 12.5. The van der Waals surface area contributed by atoms with E-state index in [9.17, 15) is 4.79 Å². The lowest BCUT2D eigenvalue weighted by molar-refractivity contribution is 0.345. The Balaban J connectivity index is 2.06. The maximum absolute atomic E-state index is 13.1. The smallest absolute Gasteiger partial charge is 0.261 e. The fourth-order valence-electron chi connectivity index (χ4n) is 3.86. The number of hydrogen-bond acceptors (Lipinski definition) is 4. The van der Waals surface area contributed by atoms with Gasteiger partial charge in [-0.15, -0.1) is 0 Å². The molecule has 0 saturated heterocycles. The summed E-state index contributed by atoms with van der Waals surface area (Å²) in [5.74, 6) is 0. The molecule has 0 atom stereocenters. The number of fused-ring (bicyclic) bond motifs is 1. The van der Waals surface area contributed by atoms with Gasteiger partial charge in [0.1, 0.15) is 0 Å². The molecule has 0 spiro atoms. The van der Waals surface area contributed by atoms with Crippen LogP contribution in [0.3, 0.4) is 0 Å². The summed E-state index contributed by atoms with van der Waals surface area (Å²) in [7, 11) is 1.81. The van der Waals surface area contributed by atoms with Crippen molar-refractivity contribution in [2.75, 3.05) is 7.05 Å². The quantitative estimate of drug-likeness (QED) is 0.804. The summed E-state index contributed by atoms with van der Waals surface area (Å²) in [6.45, 7) is 4.07. The fourth-order valence-corrected chi connectivity index (χ4v) is 3.86. The van der Waals surface area contributed by atoms with E-state index in [1.54, 1.807) is 18.6 Å². The second-order valence-electron chi connectivity index (χ2n) is 7.25. The summed E-state index contributed by atoms with van der Waals surface area (Å²) in [5.41, 5.74) is 4.54. The van der Waals surface area contributed by atoms with Crippen LogP contribution in [0.25, 0.3) is 10.9 Å². The molecule has 1 aromatic heterocycles. The molecular weight excluding hydrogens is 324 g/mol. The van der Waals surface area contributed by atoms with Crippen molar-refractivity contribution in [2.45, 2.75) is 58.4 Å². The Morgan fingerprint density at radius 1 is 1.31 bits per heavy atom. The molecule has 26 heavy (non-hydrogen) atoms. The molecule has 1 aliphatic carbocycles. The zero-order valence-electron chi connectivity index (χ0n) is 15.9. The van der Waals surface area contributed by atoms with E-state index in [0.29, 0.717) is 17.5 Å². The van der Waals surface area contributed by atoms with Crippen molar-refractivity contribution in [3.8, 4) is 0 Å². The van der Waals surface area contributed by atoms with Gasteiger partial charge >= 0.3 is 0 Å². The van der Waals surface area contributed by atoms with Crippen LogP contribution in [0, 0.1) is 19.3 Å². The van der Waals surface area contributed by atoms with Crippen molar-refractivity contribution < 1.29 is 0 Å². The first-order valence-electron chi connectivity index (χ1n) is 9.44.